The lowest BCUT2D eigenvalue weighted by Gasteiger charge is -2.23. The number of carbonyl (C=O) groups excluding carboxylic acids is 1. The molecule has 19 heavy (non-hydrogen) atoms. The van der Waals surface area contributed by atoms with Crippen LogP contribution in [0.1, 0.15) is 39.5 Å². The summed E-state index contributed by atoms with van der Waals surface area (Å²) < 4.78 is 5.73. The molecule has 0 saturated carbocycles. The van der Waals surface area contributed by atoms with Crippen LogP contribution in [0.2, 0.25) is 0 Å². The molecule has 1 aliphatic heterocycles. The Bertz CT molecular complexity index is 246. The number of piperidine rings is 1. The van der Waals surface area contributed by atoms with Crippen LogP contribution in [0.5, 0.6) is 0 Å². The molecule has 0 aliphatic carbocycles. The van der Waals surface area contributed by atoms with Crippen LogP contribution >= 0.6 is 11.8 Å². The first-order chi connectivity index (χ1) is 9.22. The lowest BCUT2D eigenvalue weighted by Crippen LogP contribution is -2.35. The molecule has 1 amide bonds. The van der Waals surface area contributed by atoms with Crippen molar-refractivity contribution in [3.05, 3.63) is 0 Å². The standard InChI is InChI=1S/C14H28N2O2S/c1-3-19-11-7-12(2)16-14(17)6-10-18-13-4-8-15-9-5-13/h12-13,15H,3-11H2,1-2H3,(H,16,17). The van der Waals surface area contributed by atoms with E-state index in [4.69, 9.17) is 4.74 Å². The zero-order chi connectivity index (χ0) is 13.9. The molecular formula is C14H28N2O2S. The predicted octanol–water partition coefficient (Wildman–Crippen LogP) is 1.79. The number of carbonyl (C=O) groups is 1. The second kappa shape index (κ2) is 10.5. The van der Waals surface area contributed by atoms with Crippen LogP contribution in [0.25, 0.3) is 0 Å². The molecule has 1 aliphatic rings. The Hall–Kier alpha value is -0.260. The first kappa shape index (κ1) is 16.8. The molecule has 4 nitrogen and oxygen atoms in total. The lowest BCUT2D eigenvalue weighted by molar-refractivity contribution is -0.123. The van der Waals surface area contributed by atoms with Crippen molar-refractivity contribution in [2.75, 3.05) is 31.2 Å². The zero-order valence-corrected chi connectivity index (χ0v) is 13.1. The van der Waals surface area contributed by atoms with Gasteiger partial charge in [-0.3, -0.25) is 4.79 Å². The summed E-state index contributed by atoms with van der Waals surface area (Å²) >= 11 is 1.92. The molecular weight excluding hydrogens is 260 g/mol. The van der Waals surface area contributed by atoms with Crippen LogP contribution in [-0.2, 0) is 9.53 Å². The van der Waals surface area contributed by atoms with E-state index in [0.29, 0.717) is 19.1 Å². The smallest absolute Gasteiger partial charge is 0.222 e. The molecule has 0 aromatic carbocycles. The van der Waals surface area contributed by atoms with Gasteiger partial charge in [-0.05, 0) is 50.8 Å². The van der Waals surface area contributed by atoms with Gasteiger partial charge in [0.2, 0.25) is 5.91 Å². The van der Waals surface area contributed by atoms with Gasteiger partial charge in [0.1, 0.15) is 0 Å². The van der Waals surface area contributed by atoms with E-state index in [9.17, 15) is 4.79 Å². The zero-order valence-electron chi connectivity index (χ0n) is 12.2. The molecule has 0 bridgehead atoms. The van der Waals surface area contributed by atoms with Crippen molar-refractivity contribution in [2.45, 2.75) is 51.7 Å². The van der Waals surface area contributed by atoms with Gasteiger partial charge >= 0.3 is 0 Å². The second-order valence-corrected chi connectivity index (χ2v) is 6.42. The number of rotatable bonds is 9. The van der Waals surface area contributed by atoms with E-state index in [-0.39, 0.29) is 11.9 Å². The summed E-state index contributed by atoms with van der Waals surface area (Å²) in [5, 5.41) is 6.33. The number of hydrogen-bond acceptors (Lipinski definition) is 4. The van der Waals surface area contributed by atoms with Crippen LogP contribution in [0.3, 0.4) is 0 Å². The monoisotopic (exact) mass is 288 g/mol. The fourth-order valence-electron chi connectivity index (χ4n) is 2.10. The van der Waals surface area contributed by atoms with Gasteiger partial charge in [0, 0.05) is 12.5 Å². The summed E-state index contributed by atoms with van der Waals surface area (Å²) in [6.07, 6.45) is 3.99. The van der Waals surface area contributed by atoms with E-state index < -0.39 is 0 Å². The van der Waals surface area contributed by atoms with Crippen molar-refractivity contribution in [2.24, 2.45) is 0 Å². The summed E-state index contributed by atoms with van der Waals surface area (Å²) in [5.41, 5.74) is 0. The molecule has 1 saturated heterocycles. The Morgan fingerprint density at radius 3 is 2.89 bits per heavy atom. The van der Waals surface area contributed by atoms with E-state index >= 15 is 0 Å². The molecule has 0 spiro atoms. The summed E-state index contributed by atoms with van der Waals surface area (Å²) in [5.74, 6) is 2.37. The molecule has 0 radical (unpaired) electrons. The SMILES string of the molecule is CCSCCC(C)NC(=O)CCOC1CCNCC1. The van der Waals surface area contributed by atoms with E-state index in [1.54, 1.807) is 0 Å². The van der Waals surface area contributed by atoms with Gasteiger partial charge in [0.15, 0.2) is 0 Å². The average molecular weight is 288 g/mol. The van der Waals surface area contributed by atoms with E-state index in [0.717, 1.165) is 43.9 Å². The molecule has 5 heteroatoms. The predicted molar refractivity (Wildman–Crippen MR) is 81.7 cm³/mol. The number of amides is 1. The van der Waals surface area contributed by atoms with Crippen LogP contribution in [0, 0.1) is 0 Å². The lowest BCUT2D eigenvalue weighted by atomic mass is 10.1. The maximum Gasteiger partial charge on any atom is 0.222 e. The van der Waals surface area contributed by atoms with Gasteiger partial charge in [-0.25, -0.2) is 0 Å². The van der Waals surface area contributed by atoms with Gasteiger partial charge in [0.25, 0.3) is 0 Å². The Kier molecular flexibility index (Phi) is 9.30. The highest BCUT2D eigenvalue weighted by Crippen LogP contribution is 2.07. The Balaban J connectivity index is 2.00. The van der Waals surface area contributed by atoms with Crippen LogP contribution in [-0.4, -0.2) is 49.3 Å². The minimum Gasteiger partial charge on any atom is -0.378 e. The highest BCUT2D eigenvalue weighted by molar-refractivity contribution is 7.99. The van der Waals surface area contributed by atoms with Crippen LogP contribution in [0.4, 0.5) is 0 Å². The number of thioether (sulfide) groups is 1. The van der Waals surface area contributed by atoms with Crippen molar-refractivity contribution >= 4 is 17.7 Å². The molecule has 1 heterocycles. The average Bonchev–Trinajstić information content (AvgIpc) is 2.40. The third kappa shape index (κ3) is 8.50. The molecule has 1 fully saturated rings. The quantitative estimate of drug-likeness (QED) is 0.635. The molecule has 2 N–H and O–H groups in total. The van der Waals surface area contributed by atoms with E-state index in [1.807, 2.05) is 11.8 Å². The number of hydrogen-bond donors (Lipinski definition) is 2. The van der Waals surface area contributed by atoms with E-state index in [2.05, 4.69) is 24.5 Å². The third-order valence-corrected chi connectivity index (χ3v) is 4.21. The maximum absolute atomic E-state index is 11.7. The first-order valence-corrected chi connectivity index (χ1v) is 8.57. The minimum absolute atomic E-state index is 0.114. The minimum atomic E-state index is 0.114. The molecule has 1 rings (SSSR count). The van der Waals surface area contributed by atoms with Crippen molar-refractivity contribution in [3.63, 3.8) is 0 Å². The van der Waals surface area contributed by atoms with Crippen molar-refractivity contribution in [1.29, 1.82) is 0 Å². The molecule has 0 aromatic rings. The Morgan fingerprint density at radius 2 is 2.21 bits per heavy atom. The number of nitrogens with one attached hydrogen (secondary N) is 2. The van der Waals surface area contributed by atoms with Gasteiger partial charge in [-0.15, -0.1) is 0 Å². The topological polar surface area (TPSA) is 50.4 Å². The maximum atomic E-state index is 11.7. The van der Waals surface area contributed by atoms with Crippen LogP contribution < -0.4 is 10.6 Å². The molecule has 1 atom stereocenters. The Labute approximate surface area is 121 Å². The van der Waals surface area contributed by atoms with Gasteiger partial charge < -0.3 is 15.4 Å². The summed E-state index contributed by atoms with van der Waals surface area (Å²) in [7, 11) is 0. The largest absolute Gasteiger partial charge is 0.378 e. The van der Waals surface area contributed by atoms with Gasteiger partial charge in [0.05, 0.1) is 12.7 Å². The van der Waals surface area contributed by atoms with Gasteiger partial charge in [-0.1, -0.05) is 6.92 Å². The summed E-state index contributed by atoms with van der Waals surface area (Å²) in [6.45, 7) is 6.84. The van der Waals surface area contributed by atoms with E-state index in [1.165, 1.54) is 0 Å². The second-order valence-electron chi connectivity index (χ2n) is 5.02. The first-order valence-electron chi connectivity index (χ1n) is 7.41. The summed E-state index contributed by atoms with van der Waals surface area (Å²) in [6, 6.07) is 0.269. The third-order valence-electron chi connectivity index (χ3n) is 3.28. The molecule has 0 aromatic heterocycles. The Morgan fingerprint density at radius 1 is 1.47 bits per heavy atom. The van der Waals surface area contributed by atoms with Crippen LogP contribution in [0.15, 0.2) is 0 Å². The van der Waals surface area contributed by atoms with Crippen molar-refractivity contribution < 1.29 is 9.53 Å². The molecule has 112 valence electrons. The summed E-state index contributed by atoms with van der Waals surface area (Å²) in [4.78, 5) is 11.7. The normalized spacial score (nSPS) is 18.2. The fraction of sp³-hybridized carbons (Fsp3) is 0.929. The number of ether oxygens (including phenoxy) is 1. The highest BCUT2D eigenvalue weighted by atomic mass is 32.2. The molecule has 1 unspecified atom stereocenters. The highest BCUT2D eigenvalue weighted by Gasteiger charge is 2.14. The van der Waals surface area contributed by atoms with Crippen molar-refractivity contribution in [3.8, 4) is 0 Å². The van der Waals surface area contributed by atoms with Crippen molar-refractivity contribution in [1.82, 2.24) is 10.6 Å². The van der Waals surface area contributed by atoms with Gasteiger partial charge in [-0.2, -0.15) is 11.8 Å². The fourth-order valence-corrected chi connectivity index (χ4v) is 2.91.